The molecular formula is C27H20Br3Cl2F2N7O6S9. The van der Waals surface area contributed by atoms with Crippen LogP contribution < -0.4 is 5.73 Å². The minimum atomic E-state index is -0.560. The Kier molecular flexibility index (Phi) is 24.5. The molecule has 0 saturated heterocycles. The molecule has 2 aromatic heterocycles. The maximum atomic E-state index is 13.4. The van der Waals surface area contributed by atoms with Crippen molar-refractivity contribution in [2.24, 2.45) is 0 Å². The standard InChI is InChI=1S/C13H6BrClFN3O3.C6HBr2N3O3.C6H5ClFN.2CH4.S9/c14-10-4-7(1-6-2-8(15)5-9(16)3-6)13(19(20)21)12-11(10)17-22-18-12;7-2-1-3(8)6(11(12)13)5-4(2)9-14-10-5;7-4-1-5(8)3-6(9)2-4;;;1-3-5-7-9-8-6-4-2/h2-5H,1H2;1H;1-3H,9H2;2*1H4;. The molecule has 56 heavy (non-hydrogen) atoms. The lowest BCUT2D eigenvalue weighted by Crippen LogP contribution is -1.99. The maximum absolute atomic E-state index is 13.4. The molecule has 6 rings (SSSR count). The van der Waals surface area contributed by atoms with Crippen molar-refractivity contribution in [1.29, 1.82) is 0 Å². The largest absolute Gasteiger partial charge is 0.399 e. The van der Waals surface area contributed by atoms with Gasteiger partial charge in [-0.25, -0.2) is 18.0 Å². The summed E-state index contributed by atoms with van der Waals surface area (Å²) >= 11 is 30.0. The molecule has 0 bridgehead atoms. The number of halogens is 7. The zero-order valence-corrected chi connectivity index (χ0v) is 39.0. The molecule has 0 spiro atoms. The van der Waals surface area contributed by atoms with Crippen molar-refractivity contribution < 1.29 is 27.9 Å². The number of hydrogen-bond acceptors (Lipinski definition) is 13. The fourth-order valence-corrected chi connectivity index (χ4v) is 20.0. The maximum Gasteiger partial charge on any atom is 0.314 e. The van der Waals surface area contributed by atoms with Gasteiger partial charge in [-0.2, -0.15) is 0 Å². The van der Waals surface area contributed by atoms with Crippen molar-refractivity contribution in [1.82, 2.24) is 20.6 Å². The summed E-state index contributed by atoms with van der Waals surface area (Å²) in [5.41, 5.74) is 6.82. The third-order valence-electron chi connectivity index (χ3n) is 5.70. The van der Waals surface area contributed by atoms with Crippen molar-refractivity contribution >= 4 is 195 Å². The van der Waals surface area contributed by atoms with Gasteiger partial charge in [-0.05, 0) is 123 Å². The molecule has 0 atom stereocenters. The van der Waals surface area contributed by atoms with Crippen LogP contribution in [-0.2, 0) is 91.0 Å². The smallest absolute Gasteiger partial charge is 0.314 e. The first-order valence-electron chi connectivity index (χ1n) is 13.1. The monoisotopic (exact) mass is 1170 g/mol. The molecule has 0 aliphatic heterocycles. The lowest BCUT2D eigenvalue weighted by molar-refractivity contribution is -0.384. The number of nitro groups is 2. The molecule has 0 unspecified atom stereocenters. The average molecular weight is 1180 g/mol. The first-order valence-corrected chi connectivity index (χ1v) is 26.9. The molecule has 6 aromatic rings. The van der Waals surface area contributed by atoms with Crippen LogP contribution in [0.3, 0.4) is 0 Å². The third-order valence-corrected chi connectivity index (χ3v) is 21.3. The fraction of sp³-hybridized carbons (Fsp3) is 0.111. The van der Waals surface area contributed by atoms with Gasteiger partial charge in [0.2, 0.25) is 11.0 Å². The summed E-state index contributed by atoms with van der Waals surface area (Å²) in [6.07, 6.45) is 0.120. The Bertz CT molecular complexity index is 2600. The number of anilines is 1. The Labute approximate surface area is 380 Å². The normalized spacial score (nSPS) is 9.62. The highest BCUT2D eigenvalue weighted by atomic mass is 79.9. The van der Waals surface area contributed by atoms with E-state index in [0.29, 0.717) is 40.8 Å². The molecule has 29 heteroatoms. The number of benzene rings is 4. The number of nitro benzene ring substituents is 2. The first-order chi connectivity index (χ1) is 25.7. The van der Waals surface area contributed by atoms with Crippen LogP contribution in [0.15, 0.2) is 71.2 Å². The van der Waals surface area contributed by atoms with E-state index in [1.54, 1.807) is 56.5 Å². The van der Waals surface area contributed by atoms with Gasteiger partial charge in [-0.1, -0.05) is 38.1 Å². The van der Waals surface area contributed by atoms with Crippen LogP contribution in [0, 0.1) is 31.9 Å². The molecule has 0 aliphatic carbocycles. The molecule has 2 N–H and O–H groups in total. The van der Waals surface area contributed by atoms with E-state index in [1.807, 2.05) is 0 Å². The van der Waals surface area contributed by atoms with Crippen molar-refractivity contribution in [3.63, 3.8) is 0 Å². The topological polar surface area (TPSA) is 190 Å². The van der Waals surface area contributed by atoms with Crippen LogP contribution in [0.5, 0.6) is 0 Å². The predicted octanol–water partition coefficient (Wildman–Crippen LogP) is 10.2. The number of aromatic nitrogens is 4. The Morgan fingerprint density at radius 1 is 0.661 bits per heavy atom. The summed E-state index contributed by atoms with van der Waals surface area (Å²) < 4.78 is 36.1. The summed E-state index contributed by atoms with van der Waals surface area (Å²) in [6.45, 7) is 0. The van der Waals surface area contributed by atoms with Crippen molar-refractivity contribution in [2.45, 2.75) is 21.3 Å². The van der Waals surface area contributed by atoms with E-state index in [9.17, 15) is 29.0 Å². The second-order valence-corrected chi connectivity index (χ2v) is 24.9. The molecule has 302 valence electrons. The molecule has 0 aliphatic rings. The van der Waals surface area contributed by atoms with Gasteiger partial charge in [0.15, 0.2) is 11.0 Å². The van der Waals surface area contributed by atoms with Crippen LogP contribution in [0.4, 0.5) is 25.8 Å². The highest BCUT2D eigenvalue weighted by Gasteiger charge is 2.25. The molecule has 0 fully saturated rings. The molecule has 0 amide bonds. The molecule has 13 nitrogen and oxygen atoms in total. The van der Waals surface area contributed by atoms with Crippen LogP contribution >= 0.6 is 71.0 Å². The van der Waals surface area contributed by atoms with Gasteiger partial charge in [-0.15, -0.1) is 0 Å². The van der Waals surface area contributed by atoms with E-state index in [4.69, 9.17) is 28.9 Å². The molecule has 4 aromatic carbocycles. The van der Waals surface area contributed by atoms with E-state index in [-0.39, 0.29) is 54.2 Å². The second kappa shape index (κ2) is 26.3. The summed E-state index contributed by atoms with van der Waals surface area (Å²) in [6, 6.07) is 11.0. The van der Waals surface area contributed by atoms with Crippen molar-refractivity contribution in [3.8, 4) is 0 Å². The molecule has 2 heterocycles. The van der Waals surface area contributed by atoms with Gasteiger partial charge in [-0.3, -0.25) is 20.2 Å². The minimum absolute atomic E-state index is 0. The van der Waals surface area contributed by atoms with E-state index in [2.05, 4.69) is 100 Å². The number of rotatable bonds is 4. The lowest BCUT2D eigenvalue weighted by Gasteiger charge is -2.05. The van der Waals surface area contributed by atoms with Crippen LogP contribution in [0.2, 0.25) is 10.0 Å². The number of fused-ring (bicyclic) bond motifs is 2. The van der Waals surface area contributed by atoms with Gasteiger partial charge < -0.3 is 5.73 Å². The summed E-state index contributed by atoms with van der Waals surface area (Å²) in [7, 11) is 10.9. The Morgan fingerprint density at radius 3 is 1.57 bits per heavy atom. The van der Waals surface area contributed by atoms with Gasteiger partial charge in [0.25, 0.3) is 0 Å². The van der Waals surface area contributed by atoms with E-state index in [1.165, 1.54) is 54.2 Å². The molecular weight excluding hydrogens is 1160 g/mol. The number of hydrogen-bond donors (Lipinski definition) is 1. The predicted molar refractivity (Wildman–Crippen MR) is 250 cm³/mol. The molecule has 0 radical (unpaired) electrons. The third kappa shape index (κ3) is 16.1. The summed E-state index contributed by atoms with van der Waals surface area (Å²) in [4.78, 5) is 20.9. The highest BCUT2D eigenvalue weighted by Crippen LogP contribution is 2.36. The highest BCUT2D eigenvalue weighted by molar-refractivity contribution is 9.11. The van der Waals surface area contributed by atoms with Gasteiger partial charge in [0.05, 0.1) is 18.8 Å². The second-order valence-electron chi connectivity index (χ2n) is 9.13. The van der Waals surface area contributed by atoms with Crippen LogP contribution in [0.1, 0.15) is 26.0 Å². The van der Waals surface area contributed by atoms with Crippen LogP contribution in [0.25, 0.3) is 22.1 Å². The number of nitrogens with two attached hydrogens (primary N) is 1. The van der Waals surface area contributed by atoms with Crippen molar-refractivity contribution in [3.05, 3.63) is 115 Å². The van der Waals surface area contributed by atoms with E-state index < -0.39 is 21.5 Å². The zero-order chi connectivity index (χ0) is 39.9. The van der Waals surface area contributed by atoms with E-state index in [0.717, 1.165) is 0 Å². The molecule has 0 saturated carbocycles. The SMILES string of the molecule is C.C.Nc1cc(F)cc(Cl)c1.O=[N+]([O-])c1c(Br)cc(Br)c2nonc12.O=[N+]([O-])c1c(Cc2cc(F)cc(Cl)c2)cc(Br)c2nonc12.S=S=S=S=S=S=S=S=S. The Balaban J connectivity index is 0.000000399. The lowest BCUT2D eigenvalue weighted by atomic mass is 10.0. The van der Waals surface area contributed by atoms with Gasteiger partial charge in [0, 0.05) is 117 Å². The fourth-order valence-electron chi connectivity index (χ4n) is 3.88. The summed E-state index contributed by atoms with van der Waals surface area (Å²) in [5, 5.41) is 36.8. The van der Waals surface area contributed by atoms with E-state index >= 15 is 0 Å². The average Bonchev–Trinajstić information content (AvgIpc) is 3.76. The Morgan fingerprint density at radius 2 is 1.11 bits per heavy atom. The summed E-state index contributed by atoms with van der Waals surface area (Å²) in [5.74, 6) is -0.909. The Hall–Kier alpha value is -1.86. The minimum Gasteiger partial charge on any atom is -0.399 e. The van der Waals surface area contributed by atoms with Gasteiger partial charge >= 0.3 is 11.4 Å². The quantitative estimate of drug-likeness (QED) is 0.0998. The first kappa shape index (κ1) is 52.2. The van der Waals surface area contributed by atoms with Crippen molar-refractivity contribution in [2.75, 3.05) is 5.73 Å². The zero-order valence-electron chi connectivity index (χ0n) is 25.4. The van der Waals surface area contributed by atoms with Gasteiger partial charge in [0.1, 0.15) is 11.6 Å². The number of nitrogen functional groups attached to an aromatic ring is 1. The van der Waals surface area contributed by atoms with Crippen LogP contribution in [-0.4, -0.2) is 30.5 Å². The number of nitrogens with zero attached hydrogens (tertiary/aromatic N) is 6.